The predicted molar refractivity (Wildman–Crippen MR) is 88.6 cm³/mol. The molecule has 2 aromatic rings. The van der Waals surface area contributed by atoms with Crippen molar-refractivity contribution in [2.45, 2.75) is 18.7 Å². The number of aromatic carboxylic acids is 1. The monoisotopic (exact) mass is 381 g/mol. The van der Waals surface area contributed by atoms with E-state index in [0.717, 1.165) is 6.07 Å². The molecule has 1 aromatic carbocycles. The lowest BCUT2D eigenvalue weighted by atomic mass is 10.1. The summed E-state index contributed by atoms with van der Waals surface area (Å²) >= 11 is 0. The number of sulfonamides is 1. The van der Waals surface area contributed by atoms with Crippen molar-refractivity contribution in [1.82, 2.24) is 19.7 Å². The molecule has 0 aliphatic rings. The molecule has 0 aliphatic heterocycles. The molecule has 0 saturated carbocycles. The topological polar surface area (TPSA) is 160 Å². The molecule has 0 radical (unpaired) electrons. The summed E-state index contributed by atoms with van der Waals surface area (Å²) in [6.07, 6.45) is 0. The van der Waals surface area contributed by atoms with Crippen LogP contribution in [0.15, 0.2) is 23.1 Å². The molecular formula is C14H15N5O6S. The van der Waals surface area contributed by atoms with E-state index >= 15 is 0 Å². The minimum absolute atomic E-state index is 0.0669. The molecule has 11 nitrogen and oxygen atoms in total. The zero-order valence-electron chi connectivity index (χ0n) is 14.0. The van der Waals surface area contributed by atoms with E-state index in [4.69, 9.17) is 4.74 Å². The number of carbonyl (C=O) groups is 2. The number of aryl methyl sites for hydroxylation is 2. The Labute approximate surface area is 148 Å². The lowest BCUT2D eigenvalue weighted by Gasteiger charge is -2.12. The Morgan fingerprint density at radius 3 is 2.46 bits per heavy atom. The van der Waals surface area contributed by atoms with Crippen LogP contribution in [0.25, 0.3) is 0 Å². The Kier molecular flexibility index (Phi) is 5.35. The van der Waals surface area contributed by atoms with Crippen LogP contribution in [0.4, 0.5) is 10.7 Å². The Balaban J connectivity index is 2.29. The molecule has 0 saturated heterocycles. The van der Waals surface area contributed by atoms with Crippen LogP contribution in [0, 0.1) is 13.8 Å². The number of benzene rings is 1. The van der Waals surface area contributed by atoms with E-state index in [9.17, 15) is 23.1 Å². The molecule has 1 heterocycles. The van der Waals surface area contributed by atoms with Gasteiger partial charge < -0.3 is 9.84 Å². The van der Waals surface area contributed by atoms with Crippen molar-refractivity contribution in [3.05, 3.63) is 35.2 Å². The number of urea groups is 1. The lowest BCUT2D eigenvalue weighted by molar-refractivity contribution is 0.0692. The van der Waals surface area contributed by atoms with Crippen LogP contribution in [-0.2, 0) is 10.0 Å². The van der Waals surface area contributed by atoms with Crippen LogP contribution >= 0.6 is 0 Å². The minimum atomic E-state index is -4.46. The van der Waals surface area contributed by atoms with Crippen LogP contribution in [-0.4, -0.2) is 47.6 Å². The number of methoxy groups -OCH3 is 1. The van der Waals surface area contributed by atoms with Crippen molar-refractivity contribution in [2.24, 2.45) is 0 Å². The van der Waals surface area contributed by atoms with E-state index in [-0.39, 0.29) is 23.3 Å². The first kappa shape index (κ1) is 19.1. The first-order valence-corrected chi connectivity index (χ1v) is 8.55. The van der Waals surface area contributed by atoms with Crippen molar-refractivity contribution in [2.75, 3.05) is 12.4 Å². The SMILES string of the molecule is COc1nc(C)nc(NC(=O)NS(=O)(=O)c2c(C)cccc2C(=O)O)n1. The van der Waals surface area contributed by atoms with Gasteiger partial charge in [0.15, 0.2) is 0 Å². The van der Waals surface area contributed by atoms with Gasteiger partial charge >= 0.3 is 18.0 Å². The number of aromatic nitrogens is 3. The molecule has 138 valence electrons. The van der Waals surface area contributed by atoms with Crippen molar-refractivity contribution in [3.8, 4) is 6.01 Å². The van der Waals surface area contributed by atoms with E-state index in [1.807, 2.05) is 0 Å². The Morgan fingerprint density at radius 1 is 1.15 bits per heavy atom. The second-order valence-corrected chi connectivity index (χ2v) is 6.63. The smallest absolute Gasteiger partial charge is 0.337 e. The predicted octanol–water partition coefficient (Wildman–Crippen LogP) is 0.706. The number of anilines is 1. The summed E-state index contributed by atoms with van der Waals surface area (Å²) < 4.78 is 31.5. The summed E-state index contributed by atoms with van der Waals surface area (Å²) in [5.41, 5.74) is -0.286. The molecule has 0 fully saturated rings. The van der Waals surface area contributed by atoms with Gasteiger partial charge in [0.05, 0.1) is 12.7 Å². The third-order valence-corrected chi connectivity index (χ3v) is 4.61. The molecule has 0 atom stereocenters. The van der Waals surface area contributed by atoms with Crippen LogP contribution in [0.5, 0.6) is 6.01 Å². The first-order chi connectivity index (χ1) is 12.1. The average molecular weight is 381 g/mol. The van der Waals surface area contributed by atoms with Crippen LogP contribution in [0.1, 0.15) is 21.7 Å². The molecule has 0 spiro atoms. The fraction of sp³-hybridized carbons (Fsp3) is 0.214. The van der Waals surface area contributed by atoms with Gasteiger partial charge in [0.2, 0.25) is 5.95 Å². The highest BCUT2D eigenvalue weighted by Crippen LogP contribution is 2.20. The number of nitrogens with one attached hydrogen (secondary N) is 2. The number of hydrogen-bond donors (Lipinski definition) is 3. The maximum absolute atomic E-state index is 12.5. The average Bonchev–Trinajstić information content (AvgIpc) is 2.52. The molecule has 2 rings (SSSR count). The highest BCUT2D eigenvalue weighted by Gasteiger charge is 2.26. The van der Waals surface area contributed by atoms with Gasteiger partial charge in [0, 0.05) is 0 Å². The van der Waals surface area contributed by atoms with Gasteiger partial charge in [-0.15, -0.1) is 0 Å². The van der Waals surface area contributed by atoms with Gasteiger partial charge in [-0.05, 0) is 25.5 Å². The second kappa shape index (κ2) is 7.31. The standard InChI is InChI=1S/C14H15N5O6S/c1-7-5-4-6-9(11(20)21)10(7)26(23,24)19-13(22)17-12-15-8(2)16-14(18-12)25-3/h4-6H,1-3H3,(H,20,21)(H2,15,16,17,18,19,22). The second-order valence-electron chi connectivity index (χ2n) is 5.01. The van der Waals surface area contributed by atoms with Gasteiger partial charge in [-0.1, -0.05) is 12.1 Å². The molecule has 3 N–H and O–H groups in total. The Hall–Kier alpha value is -3.28. The quantitative estimate of drug-likeness (QED) is 0.677. The Bertz CT molecular complexity index is 976. The third-order valence-electron chi connectivity index (χ3n) is 3.07. The fourth-order valence-corrected chi connectivity index (χ4v) is 3.42. The molecule has 12 heteroatoms. The summed E-state index contributed by atoms with van der Waals surface area (Å²) in [5.74, 6) is -1.43. The van der Waals surface area contributed by atoms with Gasteiger partial charge in [0.1, 0.15) is 10.7 Å². The largest absolute Gasteiger partial charge is 0.478 e. The number of rotatable bonds is 5. The number of hydrogen-bond acceptors (Lipinski definition) is 8. The molecule has 1 aromatic heterocycles. The zero-order chi connectivity index (χ0) is 19.5. The number of carboxylic acid groups (broad SMARTS) is 1. The molecule has 2 amide bonds. The summed E-state index contributed by atoms with van der Waals surface area (Å²) in [5, 5.41) is 11.3. The first-order valence-electron chi connectivity index (χ1n) is 7.07. The minimum Gasteiger partial charge on any atom is -0.478 e. The number of carbonyl (C=O) groups excluding carboxylic acids is 1. The zero-order valence-corrected chi connectivity index (χ0v) is 14.8. The Morgan fingerprint density at radius 2 is 1.85 bits per heavy atom. The molecule has 26 heavy (non-hydrogen) atoms. The van der Waals surface area contributed by atoms with E-state index in [1.54, 1.807) is 4.72 Å². The summed E-state index contributed by atoms with van der Waals surface area (Å²) in [6, 6.07) is 2.71. The molecule has 0 unspecified atom stereocenters. The number of nitrogens with zero attached hydrogens (tertiary/aromatic N) is 3. The molecule has 0 aliphatic carbocycles. The number of carboxylic acids is 1. The van der Waals surface area contributed by atoms with Crippen molar-refractivity contribution in [1.29, 1.82) is 0 Å². The third kappa shape index (κ3) is 4.22. The maximum atomic E-state index is 12.5. The van der Waals surface area contributed by atoms with E-state index < -0.39 is 32.5 Å². The van der Waals surface area contributed by atoms with Crippen molar-refractivity contribution < 1.29 is 27.9 Å². The number of ether oxygens (including phenoxy) is 1. The summed E-state index contributed by atoms with van der Waals surface area (Å²) in [6.45, 7) is 2.94. The maximum Gasteiger partial charge on any atom is 0.337 e. The van der Waals surface area contributed by atoms with Gasteiger partial charge in [-0.25, -0.2) is 22.7 Å². The van der Waals surface area contributed by atoms with E-state index in [2.05, 4.69) is 20.3 Å². The van der Waals surface area contributed by atoms with Crippen LogP contribution in [0.2, 0.25) is 0 Å². The normalized spacial score (nSPS) is 10.9. The van der Waals surface area contributed by atoms with Gasteiger partial charge in [0.25, 0.3) is 10.0 Å². The highest BCUT2D eigenvalue weighted by atomic mass is 32.2. The van der Waals surface area contributed by atoms with Crippen LogP contribution < -0.4 is 14.8 Å². The highest BCUT2D eigenvalue weighted by molar-refractivity contribution is 7.90. The van der Waals surface area contributed by atoms with E-state index in [0.29, 0.717) is 0 Å². The summed E-state index contributed by atoms with van der Waals surface area (Å²) in [4.78, 5) is 34.2. The summed E-state index contributed by atoms with van der Waals surface area (Å²) in [7, 11) is -3.14. The molecule has 0 bridgehead atoms. The van der Waals surface area contributed by atoms with Gasteiger partial charge in [-0.3, -0.25) is 5.32 Å². The van der Waals surface area contributed by atoms with Crippen LogP contribution in [0.3, 0.4) is 0 Å². The van der Waals surface area contributed by atoms with Crippen molar-refractivity contribution in [3.63, 3.8) is 0 Å². The van der Waals surface area contributed by atoms with Gasteiger partial charge in [-0.2, -0.15) is 15.0 Å². The fourth-order valence-electron chi connectivity index (χ4n) is 2.08. The molecular weight excluding hydrogens is 366 g/mol. The number of amides is 2. The van der Waals surface area contributed by atoms with Crippen molar-refractivity contribution >= 4 is 28.0 Å². The lowest BCUT2D eigenvalue weighted by Crippen LogP contribution is -2.36. The van der Waals surface area contributed by atoms with E-state index in [1.165, 1.54) is 33.1 Å².